The van der Waals surface area contributed by atoms with Crippen molar-refractivity contribution in [3.63, 3.8) is 0 Å². The van der Waals surface area contributed by atoms with Gasteiger partial charge < -0.3 is 20.0 Å². The maximum absolute atomic E-state index is 13.8. The number of benzene rings is 3. The minimum absolute atomic E-state index is 0.159. The van der Waals surface area contributed by atoms with Gasteiger partial charge in [-0.1, -0.05) is 24.3 Å². The Morgan fingerprint density at radius 2 is 1.57 bits per heavy atom. The fourth-order valence-electron chi connectivity index (χ4n) is 5.11. The van der Waals surface area contributed by atoms with E-state index in [4.69, 9.17) is 0 Å². The first-order chi connectivity index (χ1) is 17.9. The molecular weight excluding hydrogens is 478 g/mol. The zero-order chi connectivity index (χ0) is 26.0. The third-order valence-electron chi connectivity index (χ3n) is 6.99. The number of carbonyl (C=O) groups excluding carboxylic acids is 3. The van der Waals surface area contributed by atoms with Crippen LogP contribution in [0.1, 0.15) is 23.2 Å². The summed E-state index contributed by atoms with van der Waals surface area (Å²) in [5.74, 6) is -1.72. The van der Waals surface area contributed by atoms with Crippen molar-refractivity contribution in [3.05, 3.63) is 96.1 Å². The van der Waals surface area contributed by atoms with Crippen LogP contribution in [-0.4, -0.2) is 59.4 Å². The number of likely N-dealkylation sites (tertiary alicyclic amines) is 1. The van der Waals surface area contributed by atoms with Crippen molar-refractivity contribution in [1.29, 1.82) is 0 Å². The molecule has 3 aromatic carbocycles. The molecule has 0 unspecified atom stereocenters. The molecule has 2 saturated heterocycles. The van der Waals surface area contributed by atoms with Crippen molar-refractivity contribution < 1.29 is 23.2 Å². The summed E-state index contributed by atoms with van der Waals surface area (Å²) < 4.78 is 26.8. The SMILES string of the molecule is O=C(CN1CN(c2ccccc2)C2(CCN(C(=O)c3cccc(F)c3)CC2)C1=O)Nc1ccc(F)cc1. The molecule has 5 rings (SSSR count). The van der Waals surface area contributed by atoms with Gasteiger partial charge in [-0.3, -0.25) is 14.4 Å². The van der Waals surface area contributed by atoms with E-state index < -0.39 is 17.2 Å². The van der Waals surface area contributed by atoms with E-state index in [0.717, 1.165) is 5.69 Å². The van der Waals surface area contributed by atoms with E-state index in [9.17, 15) is 23.2 Å². The summed E-state index contributed by atoms with van der Waals surface area (Å²) in [6.45, 7) is 0.699. The van der Waals surface area contributed by atoms with Gasteiger partial charge in [0.05, 0.1) is 6.67 Å². The van der Waals surface area contributed by atoms with E-state index in [-0.39, 0.29) is 36.5 Å². The first kappa shape index (κ1) is 24.4. The molecule has 0 bridgehead atoms. The van der Waals surface area contributed by atoms with Crippen molar-refractivity contribution in [2.45, 2.75) is 18.4 Å². The first-order valence-corrected chi connectivity index (χ1v) is 12.1. The molecule has 9 heteroatoms. The summed E-state index contributed by atoms with van der Waals surface area (Å²) in [4.78, 5) is 44.6. The summed E-state index contributed by atoms with van der Waals surface area (Å²) >= 11 is 0. The number of amides is 3. The van der Waals surface area contributed by atoms with Gasteiger partial charge >= 0.3 is 0 Å². The topological polar surface area (TPSA) is 73.0 Å². The van der Waals surface area contributed by atoms with Crippen LogP contribution in [0.3, 0.4) is 0 Å². The van der Waals surface area contributed by atoms with Gasteiger partial charge in [0, 0.05) is 30.0 Å². The fraction of sp³-hybridized carbons (Fsp3) is 0.250. The van der Waals surface area contributed by atoms with Crippen LogP contribution in [0.2, 0.25) is 0 Å². The molecule has 0 aliphatic carbocycles. The van der Waals surface area contributed by atoms with Gasteiger partial charge in [-0.05, 0) is 67.4 Å². The van der Waals surface area contributed by atoms with Crippen LogP contribution in [0.25, 0.3) is 0 Å². The molecule has 3 aromatic rings. The van der Waals surface area contributed by atoms with E-state index in [1.54, 1.807) is 11.0 Å². The Hall–Kier alpha value is -4.27. The Balaban J connectivity index is 1.33. The highest BCUT2D eigenvalue weighted by Gasteiger charge is 2.54. The van der Waals surface area contributed by atoms with E-state index in [1.807, 2.05) is 35.2 Å². The summed E-state index contributed by atoms with van der Waals surface area (Å²) in [6, 6.07) is 20.5. The van der Waals surface area contributed by atoms with Crippen LogP contribution < -0.4 is 10.2 Å². The maximum Gasteiger partial charge on any atom is 0.253 e. The number of para-hydroxylation sites is 1. The van der Waals surface area contributed by atoms with Crippen molar-refractivity contribution >= 4 is 29.1 Å². The second-order valence-corrected chi connectivity index (χ2v) is 9.30. The van der Waals surface area contributed by atoms with Gasteiger partial charge in [0.1, 0.15) is 23.7 Å². The lowest BCUT2D eigenvalue weighted by Gasteiger charge is -2.43. The molecule has 2 heterocycles. The van der Waals surface area contributed by atoms with Crippen molar-refractivity contribution in [2.24, 2.45) is 0 Å². The molecule has 0 aromatic heterocycles. The van der Waals surface area contributed by atoms with Crippen LogP contribution in [-0.2, 0) is 9.59 Å². The average Bonchev–Trinajstić information content (AvgIpc) is 3.16. The van der Waals surface area contributed by atoms with Crippen LogP contribution in [0.5, 0.6) is 0 Å². The number of halogens is 2. The predicted molar refractivity (Wildman–Crippen MR) is 135 cm³/mol. The molecule has 190 valence electrons. The first-order valence-electron chi connectivity index (χ1n) is 12.1. The number of carbonyl (C=O) groups is 3. The number of anilines is 2. The summed E-state index contributed by atoms with van der Waals surface area (Å²) in [6.07, 6.45) is 0.746. The van der Waals surface area contributed by atoms with E-state index >= 15 is 0 Å². The fourth-order valence-corrected chi connectivity index (χ4v) is 5.11. The smallest absolute Gasteiger partial charge is 0.253 e. The lowest BCUT2D eigenvalue weighted by molar-refractivity contribution is -0.136. The third kappa shape index (κ3) is 4.89. The number of hydrogen-bond acceptors (Lipinski definition) is 4. The Morgan fingerprint density at radius 1 is 0.865 bits per heavy atom. The van der Waals surface area contributed by atoms with Gasteiger partial charge in [0.2, 0.25) is 5.91 Å². The predicted octanol–water partition coefficient (Wildman–Crippen LogP) is 3.88. The molecule has 2 aliphatic heterocycles. The van der Waals surface area contributed by atoms with Crippen LogP contribution >= 0.6 is 0 Å². The Morgan fingerprint density at radius 3 is 2.24 bits per heavy atom. The Bertz CT molecular complexity index is 1310. The zero-order valence-corrected chi connectivity index (χ0v) is 20.1. The number of hydrogen-bond donors (Lipinski definition) is 1. The van der Waals surface area contributed by atoms with Gasteiger partial charge in [0.15, 0.2) is 0 Å². The quantitative estimate of drug-likeness (QED) is 0.573. The van der Waals surface area contributed by atoms with Crippen LogP contribution in [0.4, 0.5) is 20.2 Å². The Labute approximate surface area is 213 Å². The second-order valence-electron chi connectivity index (χ2n) is 9.30. The van der Waals surface area contributed by atoms with Crippen molar-refractivity contribution in [3.8, 4) is 0 Å². The molecule has 7 nitrogen and oxygen atoms in total. The molecular formula is C28H26F2N4O3. The van der Waals surface area contributed by atoms with Crippen LogP contribution in [0, 0.1) is 11.6 Å². The number of rotatable bonds is 5. The van der Waals surface area contributed by atoms with Gasteiger partial charge in [-0.15, -0.1) is 0 Å². The van der Waals surface area contributed by atoms with Gasteiger partial charge in [-0.25, -0.2) is 8.78 Å². The van der Waals surface area contributed by atoms with E-state index in [0.29, 0.717) is 31.6 Å². The number of nitrogens with one attached hydrogen (secondary N) is 1. The monoisotopic (exact) mass is 504 g/mol. The van der Waals surface area contributed by atoms with Crippen molar-refractivity contribution in [2.75, 3.05) is 36.5 Å². The molecule has 1 N–H and O–H groups in total. The molecule has 3 amide bonds. The highest BCUT2D eigenvalue weighted by Crippen LogP contribution is 2.39. The van der Waals surface area contributed by atoms with Crippen LogP contribution in [0.15, 0.2) is 78.9 Å². The average molecular weight is 505 g/mol. The minimum atomic E-state index is -0.907. The summed E-state index contributed by atoms with van der Waals surface area (Å²) in [5, 5.41) is 2.71. The molecule has 37 heavy (non-hydrogen) atoms. The number of piperidine rings is 1. The lowest BCUT2D eigenvalue weighted by Crippen LogP contribution is -2.57. The minimum Gasteiger partial charge on any atom is -0.339 e. The van der Waals surface area contributed by atoms with E-state index in [1.165, 1.54) is 47.4 Å². The normalized spacial score (nSPS) is 16.8. The van der Waals surface area contributed by atoms with Gasteiger partial charge in [-0.2, -0.15) is 0 Å². The zero-order valence-electron chi connectivity index (χ0n) is 20.1. The standard InChI is InChI=1S/C28H26F2N4O3/c29-21-9-11-23(12-10-21)31-25(35)18-33-19-34(24-7-2-1-3-8-24)28(27(33)37)13-15-32(16-14-28)26(36)20-5-4-6-22(30)17-20/h1-12,17H,13-16,18-19H2,(H,31,35). The van der Waals surface area contributed by atoms with Crippen molar-refractivity contribution in [1.82, 2.24) is 9.80 Å². The largest absolute Gasteiger partial charge is 0.339 e. The summed E-state index contributed by atoms with van der Waals surface area (Å²) in [5.41, 5.74) is 0.655. The molecule has 0 atom stereocenters. The number of nitrogens with zero attached hydrogens (tertiary/aromatic N) is 3. The molecule has 2 aliphatic rings. The summed E-state index contributed by atoms with van der Waals surface area (Å²) in [7, 11) is 0. The Kier molecular flexibility index (Phi) is 6.60. The lowest BCUT2D eigenvalue weighted by atomic mass is 9.85. The highest BCUT2D eigenvalue weighted by molar-refractivity contribution is 6.00. The maximum atomic E-state index is 13.8. The molecule has 1 spiro atoms. The molecule has 0 saturated carbocycles. The second kappa shape index (κ2) is 10.0. The highest BCUT2D eigenvalue weighted by atomic mass is 19.1. The van der Waals surface area contributed by atoms with E-state index in [2.05, 4.69) is 5.32 Å². The molecule has 2 fully saturated rings. The van der Waals surface area contributed by atoms with Gasteiger partial charge in [0.25, 0.3) is 11.8 Å². The molecule has 0 radical (unpaired) electrons. The third-order valence-corrected chi connectivity index (χ3v) is 6.99.